The topological polar surface area (TPSA) is 89.4 Å². The second kappa shape index (κ2) is 6.86. The highest BCUT2D eigenvalue weighted by Crippen LogP contribution is 2.31. The van der Waals surface area contributed by atoms with Crippen LogP contribution in [0.25, 0.3) is 11.3 Å². The van der Waals surface area contributed by atoms with Crippen molar-refractivity contribution in [2.75, 3.05) is 6.54 Å². The first-order valence-corrected chi connectivity index (χ1v) is 10.7. The SMILES string of the molecule is Cc1cc(-c2ccc(C)c(S(=O)(=O)N3CCc4oc(C(C)C)nc4C3)c2)on1. The van der Waals surface area contributed by atoms with Crippen LogP contribution in [-0.2, 0) is 23.0 Å². The minimum absolute atomic E-state index is 0.167. The molecular weight excluding hydrogens is 378 g/mol. The molecule has 0 fully saturated rings. The predicted octanol–water partition coefficient (Wildman–Crippen LogP) is 3.82. The van der Waals surface area contributed by atoms with Crippen LogP contribution in [0, 0.1) is 13.8 Å². The van der Waals surface area contributed by atoms with Crippen molar-refractivity contribution >= 4 is 10.0 Å². The molecule has 0 saturated heterocycles. The summed E-state index contributed by atoms with van der Waals surface area (Å²) in [6.45, 7) is 8.22. The Bertz CT molecular complexity index is 1130. The van der Waals surface area contributed by atoms with Crippen LogP contribution < -0.4 is 0 Å². The molecule has 0 amide bonds. The van der Waals surface area contributed by atoms with E-state index in [0.29, 0.717) is 41.4 Å². The maximum atomic E-state index is 13.4. The fraction of sp³-hybridized carbons (Fsp3) is 0.400. The number of aromatic nitrogens is 2. The number of rotatable bonds is 4. The van der Waals surface area contributed by atoms with Gasteiger partial charge in [-0.25, -0.2) is 13.4 Å². The molecule has 0 saturated carbocycles. The maximum absolute atomic E-state index is 13.4. The molecule has 3 aromatic rings. The molecule has 148 valence electrons. The molecule has 8 heteroatoms. The lowest BCUT2D eigenvalue weighted by Crippen LogP contribution is -2.36. The van der Waals surface area contributed by atoms with Gasteiger partial charge >= 0.3 is 0 Å². The van der Waals surface area contributed by atoms with Crippen molar-refractivity contribution in [1.29, 1.82) is 0 Å². The minimum Gasteiger partial charge on any atom is -0.445 e. The molecule has 0 unspecified atom stereocenters. The molecule has 1 aliphatic rings. The van der Waals surface area contributed by atoms with Crippen molar-refractivity contribution in [3.63, 3.8) is 0 Å². The van der Waals surface area contributed by atoms with Gasteiger partial charge in [0.05, 0.1) is 22.8 Å². The van der Waals surface area contributed by atoms with Crippen LogP contribution in [0.2, 0.25) is 0 Å². The van der Waals surface area contributed by atoms with E-state index in [1.807, 2.05) is 26.8 Å². The van der Waals surface area contributed by atoms with Crippen LogP contribution >= 0.6 is 0 Å². The van der Waals surface area contributed by atoms with Crippen molar-refractivity contribution < 1.29 is 17.4 Å². The normalized spacial score (nSPS) is 15.2. The van der Waals surface area contributed by atoms with Crippen LogP contribution in [0.4, 0.5) is 0 Å². The van der Waals surface area contributed by atoms with Gasteiger partial charge in [0.1, 0.15) is 5.76 Å². The van der Waals surface area contributed by atoms with Crippen molar-refractivity contribution in [3.8, 4) is 11.3 Å². The zero-order valence-electron chi connectivity index (χ0n) is 16.4. The van der Waals surface area contributed by atoms with Gasteiger partial charge in [0.2, 0.25) is 10.0 Å². The first kappa shape index (κ1) is 18.9. The largest absolute Gasteiger partial charge is 0.445 e. The van der Waals surface area contributed by atoms with Crippen molar-refractivity contribution in [1.82, 2.24) is 14.4 Å². The summed E-state index contributed by atoms with van der Waals surface area (Å²) in [5, 5.41) is 3.89. The summed E-state index contributed by atoms with van der Waals surface area (Å²) >= 11 is 0. The van der Waals surface area contributed by atoms with E-state index < -0.39 is 10.0 Å². The first-order chi connectivity index (χ1) is 13.3. The molecule has 4 rings (SSSR count). The summed E-state index contributed by atoms with van der Waals surface area (Å²) in [5.41, 5.74) is 2.83. The van der Waals surface area contributed by atoms with Crippen molar-refractivity contribution in [3.05, 3.63) is 52.9 Å². The summed E-state index contributed by atoms with van der Waals surface area (Å²) < 4.78 is 39.3. The van der Waals surface area contributed by atoms with E-state index in [4.69, 9.17) is 8.94 Å². The number of hydrogen-bond acceptors (Lipinski definition) is 6. The molecular formula is C20H23N3O4S. The van der Waals surface area contributed by atoms with E-state index in [9.17, 15) is 8.42 Å². The zero-order chi connectivity index (χ0) is 20.1. The maximum Gasteiger partial charge on any atom is 0.243 e. The lowest BCUT2D eigenvalue weighted by molar-refractivity contribution is 0.353. The summed E-state index contributed by atoms with van der Waals surface area (Å²) in [5.74, 6) is 2.16. The monoisotopic (exact) mass is 401 g/mol. The van der Waals surface area contributed by atoms with Gasteiger partial charge in [0.15, 0.2) is 11.7 Å². The van der Waals surface area contributed by atoms with Gasteiger partial charge in [-0.3, -0.25) is 0 Å². The molecule has 28 heavy (non-hydrogen) atoms. The fourth-order valence-corrected chi connectivity index (χ4v) is 4.97. The Kier molecular flexibility index (Phi) is 4.63. The lowest BCUT2D eigenvalue weighted by atomic mass is 10.1. The van der Waals surface area contributed by atoms with Crippen LogP contribution in [0.3, 0.4) is 0 Å². The van der Waals surface area contributed by atoms with Gasteiger partial charge < -0.3 is 8.94 Å². The third kappa shape index (κ3) is 3.27. The van der Waals surface area contributed by atoms with Gasteiger partial charge in [0.25, 0.3) is 0 Å². The molecule has 0 radical (unpaired) electrons. The van der Waals surface area contributed by atoms with Crippen LogP contribution in [-0.4, -0.2) is 29.4 Å². The van der Waals surface area contributed by atoms with Gasteiger partial charge in [-0.1, -0.05) is 31.1 Å². The molecule has 0 atom stereocenters. The zero-order valence-corrected chi connectivity index (χ0v) is 17.2. The quantitative estimate of drug-likeness (QED) is 0.660. The Morgan fingerprint density at radius 1 is 1.18 bits per heavy atom. The number of fused-ring (bicyclic) bond motifs is 1. The van der Waals surface area contributed by atoms with Crippen LogP contribution in [0.1, 0.15) is 48.4 Å². The highest BCUT2D eigenvalue weighted by molar-refractivity contribution is 7.89. The van der Waals surface area contributed by atoms with Crippen LogP contribution in [0.15, 0.2) is 38.1 Å². The average Bonchev–Trinajstić information content (AvgIpc) is 3.27. The predicted molar refractivity (Wildman–Crippen MR) is 103 cm³/mol. The Hall–Kier alpha value is -2.45. The van der Waals surface area contributed by atoms with E-state index in [2.05, 4.69) is 10.1 Å². The highest BCUT2D eigenvalue weighted by atomic mass is 32.2. The smallest absolute Gasteiger partial charge is 0.243 e. The van der Waals surface area contributed by atoms with E-state index in [0.717, 1.165) is 11.5 Å². The van der Waals surface area contributed by atoms with E-state index in [-0.39, 0.29) is 17.4 Å². The van der Waals surface area contributed by atoms with Gasteiger partial charge in [-0.15, -0.1) is 0 Å². The van der Waals surface area contributed by atoms with E-state index in [1.165, 1.54) is 4.31 Å². The Labute approximate surface area is 164 Å². The number of hydrogen-bond donors (Lipinski definition) is 0. The molecule has 1 aliphatic heterocycles. The summed E-state index contributed by atoms with van der Waals surface area (Å²) in [7, 11) is -3.68. The number of sulfonamides is 1. The first-order valence-electron chi connectivity index (χ1n) is 9.28. The Morgan fingerprint density at radius 2 is 1.96 bits per heavy atom. The lowest BCUT2D eigenvalue weighted by Gasteiger charge is -2.25. The van der Waals surface area contributed by atoms with E-state index in [1.54, 1.807) is 25.1 Å². The summed E-state index contributed by atoms with van der Waals surface area (Å²) in [4.78, 5) is 4.78. The number of nitrogens with zero attached hydrogens (tertiary/aromatic N) is 3. The molecule has 1 aromatic carbocycles. The molecule has 0 bridgehead atoms. The minimum atomic E-state index is -3.68. The molecule has 0 spiro atoms. The Morgan fingerprint density at radius 3 is 2.64 bits per heavy atom. The Balaban J connectivity index is 1.68. The standard InChI is InChI=1S/C20H23N3O4S/c1-12(2)20-21-16-11-23(8-7-17(16)26-20)28(24,25)19-10-15(6-5-13(19)3)18-9-14(4)22-27-18/h5-6,9-10,12H,7-8,11H2,1-4H3. The van der Waals surface area contributed by atoms with E-state index >= 15 is 0 Å². The van der Waals surface area contributed by atoms with Gasteiger partial charge in [-0.2, -0.15) is 4.31 Å². The number of benzene rings is 1. The third-order valence-electron chi connectivity index (χ3n) is 4.92. The fourth-order valence-electron chi connectivity index (χ4n) is 3.32. The summed E-state index contributed by atoms with van der Waals surface area (Å²) in [6.07, 6.45) is 0.522. The molecule has 0 aliphatic carbocycles. The number of aryl methyl sites for hydroxylation is 2. The van der Waals surface area contributed by atoms with Crippen LogP contribution in [0.5, 0.6) is 0 Å². The third-order valence-corrected chi connectivity index (χ3v) is 6.91. The number of oxazole rings is 1. The average molecular weight is 401 g/mol. The molecule has 0 N–H and O–H groups in total. The molecule has 2 aromatic heterocycles. The van der Waals surface area contributed by atoms with Crippen molar-refractivity contribution in [2.45, 2.75) is 51.5 Å². The second-order valence-electron chi connectivity index (χ2n) is 7.48. The van der Waals surface area contributed by atoms with Gasteiger partial charge in [0, 0.05) is 30.5 Å². The second-order valence-corrected chi connectivity index (χ2v) is 9.38. The summed E-state index contributed by atoms with van der Waals surface area (Å²) in [6, 6.07) is 7.08. The molecule has 3 heterocycles. The highest BCUT2D eigenvalue weighted by Gasteiger charge is 2.32. The van der Waals surface area contributed by atoms with Crippen molar-refractivity contribution in [2.24, 2.45) is 0 Å². The molecule has 7 nitrogen and oxygen atoms in total. The van der Waals surface area contributed by atoms with Gasteiger partial charge in [-0.05, 0) is 25.5 Å².